The molecule has 0 fully saturated rings. The fourth-order valence-corrected chi connectivity index (χ4v) is 5.61. The number of halogens is 1. The minimum Gasteiger partial charge on any atom is -0.486 e. The lowest BCUT2D eigenvalue weighted by atomic mass is 9.97. The van der Waals surface area contributed by atoms with Crippen LogP contribution in [-0.4, -0.2) is 16.2 Å². The van der Waals surface area contributed by atoms with Gasteiger partial charge in [0.2, 0.25) is 0 Å². The third-order valence-corrected chi connectivity index (χ3v) is 7.38. The van der Waals surface area contributed by atoms with Crippen LogP contribution < -0.4 is 4.74 Å². The number of benzene rings is 2. The summed E-state index contributed by atoms with van der Waals surface area (Å²) in [5.41, 5.74) is 5.83. The number of fused-ring (bicyclic) bond motifs is 3. The molecule has 6 heteroatoms. The molecule has 162 valence electrons. The summed E-state index contributed by atoms with van der Waals surface area (Å²) in [5, 5.41) is 1.59. The molecule has 0 aliphatic heterocycles. The van der Waals surface area contributed by atoms with E-state index in [1.807, 2.05) is 36.5 Å². The van der Waals surface area contributed by atoms with Gasteiger partial charge in [-0.05, 0) is 98.2 Å². The molecular formula is C26H24ClN3OS. The molecule has 1 aliphatic rings. The second kappa shape index (κ2) is 9.00. The number of nitrogens with zero attached hydrogens (tertiary/aromatic N) is 3. The van der Waals surface area contributed by atoms with Gasteiger partial charge in [-0.1, -0.05) is 17.7 Å². The summed E-state index contributed by atoms with van der Waals surface area (Å²) in [6.45, 7) is 4.49. The zero-order valence-corrected chi connectivity index (χ0v) is 19.8. The first-order valence-corrected chi connectivity index (χ1v) is 12.1. The van der Waals surface area contributed by atoms with E-state index in [9.17, 15) is 0 Å². The van der Waals surface area contributed by atoms with E-state index >= 15 is 0 Å². The number of aliphatic imine (C=N–C) groups is 1. The Kier molecular flexibility index (Phi) is 5.94. The summed E-state index contributed by atoms with van der Waals surface area (Å²) in [4.78, 5) is 16.2. The van der Waals surface area contributed by atoms with E-state index in [4.69, 9.17) is 21.3 Å². The highest BCUT2D eigenvalue weighted by molar-refractivity contribution is 7.19. The molecule has 5 rings (SSSR count). The van der Waals surface area contributed by atoms with Crippen LogP contribution in [0.5, 0.6) is 5.75 Å². The molecule has 0 bridgehead atoms. The average molecular weight is 462 g/mol. The first-order chi connectivity index (χ1) is 15.6. The summed E-state index contributed by atoms with van der Waals surface area (Å²) < 4.78 is 5.92. The van der Waals surface area contributed by atoms with E-state index < -0.39 is 0 Å². The SMILES string of the molecule is Cc1ccc(N=Cc2ccc(OCc3nc(Cl)c4c5c(sc4n3)CCCC5)cc2)cc1C. The lowest BCUT2D eigenvalue weighted by molar-refractivity contribution is 0.296. The van der Waals surface area contributed by atoms with E-state index in [-0.39, 0.29) is 6.61 Å². The Morgan fingerprint density at radius 2 is 1.84 bits per heavy atom. The van der Waals surface area contributed by atoms with Crippen molar-refractivity contribution in [2.75, 3.05) is 0 Å². The standard InChI is InChI=1S/C26H24ClN3OS/c1-16-7-10-19(13-17(16)2)28-14-18-8-11-20(12-9-18)31-15-23-29-25(27)24-21-5-3-4-6-22(21)32-26(24)30-23/h7-14H,3-6,15H2,1-2H3. The van der Waals surface area contributed by atoms with E-state index in [1.165, 1.54) is 34.4 Å². The van der Waals surface area contributed by atoms with Gasteiger partial charge in [0.15, 0.2) is 5.82 Å². The van der Waals surface area contributed by atoms with Gasteiger partial charge in [-0.3, -0.25) is 4.99 Å². The van der Waals surface area contributed by atoms with Gasteiger partial charge in [-0.15, -0.1) is 11.3 Å². The summed E-state index contributed by atoms with van der Waals surface area (Å²) in [6.07, 6.45) is 6.52. The lowest BCUT2D eigenvalue weighted by Gasteiger charge is -2.10. The van der Waals surface area contributed by atoms with Crippen molar-refractivity contribution in [3.05, 3.63) is 80.6 Å². The van der Waals surface area contributed by atoms with Crippen molar-refractivity contribution >= 4 is 45.1 Å². The molecule has 0 saturated carbocycles. The van der Waals surface area contributed by atoms with Crippen LogP contribution in [0.4, 0.5) is 5.69 Å². The number of hydrogen-bond acceptors (Lipinski definition) is 5. The van der Waals surface area contributed by atoms with Gasteiger partial charge in [-0.25, -0.2) is 9.97 Å². The molecule has 0 unspecified atom stereocenters. The number of thiophene rings is 1. The van der Waals surface area contributed by atoms with Crippen molar-refractivity contribution in [1.29, 1.82) is 0 Å². The Morgan fingerprint density at radius 1 is 1.03 bits per heavy atom. The fourth-order valence-electron chi connectivity index (χ4n) is 3.97. The quantitative estimate of drug-likeness (QED) is 0.234. The van der Waals surface area contributed by atoms with Gasteiger partial charge in [0.25, 0.3) is 0 Å². The molecule has 32 heavy (non-hydrogen) atoms. The molecule has 0 N–H and O–H groups in total. The van der Waals surface area contributed by atoms with E-state index in [0.29, 0.717) is 11.0 Å². The third kappa shape index (κ3) is 4.41. The van der Waals surface area contributed by atoms with Crippen molar-refractivity contribution in [2.24, 2.45) is 4.99 Å². The molecular weight excluding hydrogens is 438 g/mol. The predicted molar refractivity (Wildman–Crippen MR) is 133 cm³/mol. The Labute approximate surface area is 197 Å². The summed E-state index contributed by atoms with van der Waals surface area (Å²) in [7, 11) is 0. The number of ether oxygens (including phenoxy) is 1. The maximum Gasteiger partial charge on any atom is 0.169 e. The number of aromatic nitrogens is 2. The van der Waals surface area contributed by atoms with Crippen molar-refractivity contribution in [2.45, 2.75) is 46.1 Å². The smallest absolute Gasteiger partial charge is 0.169 e. The highest BCUT2D eigenvalue weighted by Crippen LogP contribution is 2.38. The van der Waals surface area contributed by atoms with Gasteiger partial charge in [-0.2, -0.15) is 0 Å². The largest absolute Gasteiger partial charge is 0.486 e. The Bertz CT molecular complexity index is 1310. The van der Waals surface area contributed by atoms with Gasteiger partial charge in [0, 0.05) is 11.1 Å². The van der Waals surface area contributed by atoms with Crippen LogP contribution in [0.1, 0.15) is 45.8 Å². The molecule has 4 aromatic rings. The maximum absolute atomic E-state index is 6.53. The average Bonchev–Trinajstić information content (AvgIpc) is 3.18. The molecule has 0 spiro atoms. The van der Waals surface area contributed by atoms with E-state index in [1.54, 1.807) is 11.3 Å². The number of aryl methyl sites for hydroxylation is 4. The Balaban J connectivity index is 1.26. The van der Waals surface area contributed by atoms with E-state index in [2.05, 4.69) is 36.0 Å². The highest BCUT2D eigenvalue weighted by Gasteiger charge is 2.20. The molecule has 2 aromatic carbocycles. The highest BCUT2D eigenvalue weighted by atomic mass is 35.5. The normalized spacial score (nSPS) is 13.6. The van der Waals surface area contributed by atoms with Crippen molar-refractivity contribution in [1.82, 2.24) is 9.97 Å². The summed E-state index contributed by atoms with van der Waals surface area (Å²) in [5.74, 6) is 1.38. The Hall–Kier alpha value is -2.76. The van der Waals surface area contributed by atoms with Crippen LogP contribution in [-0.2, 0) is 19.4 Å². The molecule has 4 nitrogen and oxygen atoms in total. The van der Waals surface area contributed by atoms with Crippen LogP contribution in [0.3, 0.4) is 0 Å². The lowest BCUT2D eigenvalue weighted by Crippen LogP contribution is -2.03. The van der Waals surface area contributed by atoms with Crippen LogP contribution >= 0.6 is 22.9 Å². The first kappa shape index (κ1) is 21.1. The van der Waals surface area contributed by atoms with Crippen LogP contribution in [0.15, 0.2) is 47.5 Å². The summed E-state index contributed by atoms with van der Waals surface area (Å²) >= 11 is 8.28. The molecule has 1 aliphatic carbocycles. The zero-order chi connectivity index (χ0) is 22.1. The van der Waals surface area contributed by atoms with Crippen molar-refractivity contribution in [3.8, 4) is 5.75 Å². The van der Waals surface area contributed by atoms with Gasteiger partial charge < -0.3 is 4.74 Å². The minimum atomic E-state index is 0.286. The number of rotatable bonds is 5. The van der Waals surface area contributed by atoms with Crippen LogP contribution in [0.25, 0.3) is 10.2 Å². The monoisotopic (exact) mass is 461 g/mol. The topological polar surface area (TPSA) is 47.4 Å². The molecule has 2 aromatic heterocycles. The second-order valence-electron chi connectivity index (χ2n) is 8.21. The molecule has 0 amide bonds. The van der Waals surface area contributed by atoms with Crippen LogP contribution in [0, 0.1) is 13.8 Å². The van der Waals surface area contributed by atoms with Crippen molar-refractivity contribution in [3.63, 3.8) is 0 Å². The van der Waals surface area contributed by atoms with Crippen molar-refractivity contribution < 1.29 is 4.74 Å². The molecule has 0 atom stereocenters. The molecule has 2 heterocycles. The van der Waals surface area contributed by atoms with Gasteiger partial charge >= 0.3 is 0 Å². The third-order valence-electron chi connectivity index (χ3n) is 5.92. The summed E-state index contributed by atoms with van der Waals surface area (Å²) in [6, 6.07) is 14.1. The van der Waals surface area contributed by atoms with Gasteiger partial charge in [0.05, 0.1) is 11.1 Å². The van der Waals surface area contributed by atoms with E-state index in [0.717, 1.165) is 40.1 Å². The van der Waals surface area contributed by atoms with Crippen LogP contribution in [0.2, 0.25) is 5.15 Å². The minimum absolute atomic E-state index is 0.286. The second-order valence-corrected chi connectivity index (χ2v) is 9.65. The number of hydrogen-bond donors (Lipinski definition) is 0. The zero-order valence-electron chi connectivity index (χ0n) is 18.2. The molecule has 0 radical (unpaired) electrons. The first-order valence-electron chi connectivity index (χ1n) is 10.9. The maximum atomic E-state index is 6.53. The fraction of sp³-hybridized carbons (Fsp3) is 0.269. The Morgan fingerprint density at radius 3 is 2.66 bits per heavy atom. The van der Waals surface area contributed by atoms with Gasteiger partial charge in [0.1, 0.15) is 22.3 Å². The molecule has 0 saturated heterocycles. The predicted octanol–water partition coefficient (Wildman–Crippen LogP) is 7.17.